The fourth-order valence-electron chi connectivity index (χ4n) is 2.67. The Morgan fingerprint density at radius 2 is 1.62 bits per heavy atom. The van der Waals surface area contributed by atoms with Gasteiger partial charge in [-0.15, -0.1) is 12.4 Å². The minimum absolute atomic E-state index is 0. The molecular formula is C14H16ClF7N2. The van der Waals surface area contributed by atoms with E-state index in [-0.39, 0.29) is 25.5 Å². The van der Waals surface area contributed by atoms with E-state index in [1.807, 2.05) is 0 Å². The Morgan fingerprint density at radius 1 is 1.04 bits per heavy atom. The summed E-state index contributed by atoms with van der Waals surface area (Å²) in [6.45, 7) is 1.21. The van der Waals surface area contributed by atoms with Gasteiger partial charge in [0.2, 0.25) is 0 Å². The number of alkyl halides is 6. The maximum absolute atomic E-state index is 14.2. The smallest absolute Gasteiger partial charge is 0.314 e. The predicted molar refractivity (Wildman–Crippen MR) is 76.5 cm³/mol. The molecule has 1 heterocycles. The number of benzene rings is 1. The van der Waals surface area contributed by atoms with Crippen LogP contribution in [0.25, 0.3) is 0 Å². The lowest BCUT2D eigenvalue weighted by molar-refractivity contribution is -0.149. The first-order valence-corrected chi connectivity index (χ1v) is 6.97. The summed E-state index contributed by atoms with van der Waals surface area (Å²) in [7, 11) is 0. The van der Waals surface area contributed by atoms with Gasteiger partial charge < -0.3 is 5.32 Å². The third-order valence-electron chi connectivity index (χ3n) is 3.71. The van der Waals surface area contributed by atoms with Crippen LogP contribution >= 0.6 is 12.4 Å². The molecule has 1 atom stereocenters. The summed E-state index contributed by atoms with van der Waals surface area (Å²) in [6, 6.07) is 0.983. The molecule has 1 aliphatic heterocycles. The van der Waals surface area contributed by atoms with Crippen molar-refractivity contribution < 1.29 is 30.7 Å². The summed E-state index contributed by atoms with van der Waals surface area (Å²) >= 11 is 0. The molecule has 138 valence electrons. The zero-order valence-corrected chi connectivity index (χ0v) is 13.2. The molecule has 0 radical (unpaired) electrons. The molecule has 2 nitrogen and oxygen atoms in total. The minimum Gasteiger partial charge on any atom is -0.314 e. The van der Waals surface area contributed by atoms with E-state index in [0.717, 1.165) is 12.1 Å². The largest absolute Gasteiger partial charge is 0.419 e. The van der Waals surface area contributed by atoms with E-state index in [2.05, 4.69) is 5.32 Å². The van der Waals surface area contributed by atoms with E-state index in [1.165, 1.54) is 4.90 Å². The molecule has 0 aromatic heterocycles. The molecule has 10 heteroatoms. The van der Waals surface area contributed by atoms with Gasteiger partial charge in [-0.25, -0.2) is 4.39 Å². The highest BCUT2D eigenvalue weighted by Crippen LogP contribution is 2.39. The van der Waals surface area contributed by atoms with E-state index in [9.17, 15) is 30.7 Å². The fraction of sp³-hybridized carbons (Fsp3) is 0.571. The van der Waals surface area contributed by atoms with Crippen LogP contribution in [0.2, 0.25) is 0 Å². The zero-order chi connectivity index (χ0) is 17.3. The molecule has 1 saturated heterocycles. The van der Waals surface area contributed by atoms with Crippen LogP contribution in [0.3, 0.4) is 0 Å². The molecule has 0 bridgehead atoms. The average Bonchev–Trinajstić information content (AvgIpc) is 2.44. The first kappa shape index (κ1) is 21.0. The minimum atomic E-state index is -4.95. The van der Waals surface area contributed by atoms with E-state index >= 15 is 0 Å². The second kappa shape index (κ2) is 7.88. The first-order valence-electron chi connectivity index (χ1n) is 6.97. The van der Waals surface area contributed by atoms with Crippen molar-refractivity contribution >= 4 is 12.4 Å². The molecule has 0 amide bonds. The van der Waals surface area contributed by atoms with Crippen molar-refractivity contribution in [1.82, 2.24) is 10.2 Å². The molecule has 0 unspecified atom stereocenters. The highest BCUT2D eigenvalue weighted by molar-refractivity contribution is 5.85. The Bertz CT molecular complexity index is 539. The molecule has 1 N–H and O–H groups in total. The number of piperazine rings is 1. The predicted octanol–water partition coefficient (Wildman–Crippen LogP) is 4.17. The summed E-state index contributed by atoms with van der Waals surface area (Å²) in [5.74, 6) is -1.63. The van der Waals surface area contributed by atoms with Crippen molar-refractivity contribution in [2.75, 3.05) is 26.2 Å². The van der Waals surface area contributed by atoms with Crippen LogP contribution in [0.15, 0.2) is 18.2 Å². The second-order valence-electron chi connectivity index (χ2n) is 5.33. The molecule has 1 aliphatic rings. The fourth-order valence-corrected chi connectivity index (χ4v) is 2.67. The third-order valence-corrected chi connectivity index (χ3v) is 3.71. The SMILES string of the molecule is Cl.Fc1c([C@@H](CC(F)(F)F)N2CCNCC2)cccc1C(F)(F)F. The van der Waals surface area contributed by atoms with Gasteiger partial charge in [0.25, 0.3) is 0 Å². The lowest BCUT2D eigenvalue weighted by Gasteiger charge is -2.36. The van der Waals surface area contributed by atoms with Gasteiger partial charge in [-0.3, -0.25) is 4.90 Å². The van der Waals surface area contributed by atoms with Gasteiger partial charge in [-0.05, 0) is 6.07 Å². The van der Waals surface area contributed by atoms with E-state index in [1.54, 1.807) is 0 Å². The maximum atomic E-state index is 14.2. The lowest BCUT2D eigenvalue weighted by atomic mass is 9.97. The van der Waals surface area contributed by atoms with Crippen LogP contribution in [0.5, 0.6) is 0 Å². The molecule has 0 saturated carbocycles. The first-order chi connectivity index (χ1) is 10.6. The third kappa shape index (κ3) is 5.22. The second-order valence-corrected chi connectivity index (χ2v) is 5.33. The summed E-state index contributed by atoms with van der Waals surface area (Å²) in [4.78, 5) is 1.36. The molecule has 0 aliphatic carbocycles. The van der Waals surface area contributed by atoms with Crippen LogP contribution in [0.4, 0.5) is 30.7 Å². The quantitative estimate of drug-likeness (QED) is 0.792. The molecule has 0 spiro atoms. The lowest BCUT2D eigenvalue weighted by Crippen LogP contribution is -2.46. The topological polar surface area (TPSA) is 15.3 Å². The molecule has 1 aromatic rings. The highest BCUT2D eigenvalue weighted by Gasteiger charge is 2.40. The Hall–Kier alpha value is -1.06. The van der Waals surface area contributed by atoms with Crippen molar-refractivity contribution in [3.05, 3.63) is 35.1 Å². The highest BCUT2D eigenvalue weighted by atomic mass is 35.5. The Morgan fingerprint density at radius 3 is 2.12 bits per heavy atom. The van der Waals surface area contributed by atoms with Crippen molar-refractivity contribution in [2.24, 2.45) is 0 Å². The van der Waals surface area contributed by atoms with Gasteiger partial charge in [-0.1, -0.05) is 12.1 Å². The van der Waals surface area contributed by atoms with Crippen LogP contribution in [0.1, 0.15) is 23.6 Å². The van der Waals surface area contributed by atoms with Crippen molar-refractivity contribution in [1.29, 1.82) is 0 Å². The van der Waals surface area contributed by atoms with Crippen molar-refractivity contribution in [2.45, 2.75) is 24.8 Å². The number of rotatable bonds is 3. The van der Waals surface area contributed by atoms with Crippen molar-refractivity contribution in [3.63, 3.8) is 0 Å². The van der Waals surface area contributed by atoms with Crippen molar-refractivity contribution in [3.8, 4) is 0 Å². The summed E-state index contributed by atoms with van der Waals surface area (Å²) in [6.07, 6.45) is -11.0. The number of nitrogens with one attached hydrogen (secondary N) is 1. The van der Waals surface area contributed by atoms with Crippen LogP contribution in [-0.2, 0) is 6.18 Å². The van der Waals surface area contributed by atoms with Crippen LogP contribution in [-0.4, -0.2) is 37.3 Å². The number of hydrogen-bond acceptors (Lipinski definition) is 2. The van der Waals surface area contributed by atoms with E-state index in [0.29, 0.717) is 19.2 Å². The van der Waals surface area contributed by atoms with Crippen LogP contribution < -0.4 is 5.32 Å². The van der Waals surface area contributed by atoms with Gasteiger partial charge in [-0.2, -0.15) is 26.3 Å². The maximum Gasteiger partial charge on any atom is 0.419 e. The summed E-state index contributed by atoms with van der Waals surface area (Å²) in [5, 5.41) is 2.94. The van der Waals surface area contributed by atoms with Gasteiger partial charge >= 0.3 is 12.4 Å². The van der Waals surface area contributed by atoms with E-state index < -0.39 is 41.8 Å². The monoisotopic (exact) mass is 380 g/mol. The van der Waals surface area contributed by atoms with Gasteiger partial charge in [0.15, 0.2) is 0 Å². The molecule has 2 rings (SSSR count). The molecule has 1 aromatic carbocycles. The average molecular weight is 381 g/mol. The van der Waals surface area contributed by atoms with E-state index in [4.69, 9.17) is 0 Å². The Labute approximate surface area is 140 Å². The molecular weight excluding hydrogens is 365 g/mol. The number of hydrogen-bond donors (Lipinski definition) is 1. The number of halogens is 8. The zero-order valence-electron chi connectivity index (χ0n) is 12.3. The Kier molecular flexibility index (Phi) is 6.89. The van der Waals surface area contributed by atoms with Gasteiger partial charge in [0, 0.05) is 37.8 Å². The van der Waals surface area contributed by atoms with Crippen LogP contribution in [0, 0.1) is 5.82 Å². The Balaban J connectivity index is 0.00000288. The standard InChI is InChI=1S/C14H15F7N2.ClH/c15-12-9(2-1-3-10(12)14(19,20)21)11(8-13(16,17)18)23-6-4-22-5-7-23;/h1-3,11,22H,4-8H2;1H/t11-;/m1./s1. The molecule has 1 fully saturated rings. The molecule has 24 heavy (non-hydrogen) atoms. The summed E-state index contributed by atoms with van der Waals surface area (Å²) < 4.78 is 91.1. The summed E-state index contributed by atoms with van der Waals surface area (Å²) in [5.41, 5.74) is -2.11. The van der Waals surface area contributed by atoms with Gasteiger partial charge in [0.1, 0.15) is 5.82 Å². The normalized spacial score (nSPS) is 18.1. The number of nitrogens with zero attached hydrogens (tertiary/aromatic N) is 1. The van der Waals surface area contributed by atoms with Gasteiger partial charge in [0.05, 0.1) is 12.0 Å².